The average Bonchev–Trinajstić information content (AvgIpc) is 2.83. The Morgan fingerprint density at radius 3 is 2.90 bits per heavy atom. The number of aromatic nitrogens is 1. The van der Waals surface area contributed by atoms with E-state index in [1.807, 2.05) is 0 Å². The molecule has 1 aromatic carbocycles. The molecule has 0 radical (unpaired) electrons. The van der Waals surface area contributed by atoms with E-state index >= 15 is 0 Å². The van der Waals surface area contributed by atoms with E-state index in [2.05, 4.69) is 4.98 Å². The summed E-state index contributed by atoms with van der Waals surface area (Å²) in [4.78, 5) is 15.3. The number of pyridine rings is 1. The number of para-hydroxylation sites is 1. The van der Waals surface area contributed by atoms with Gasteiger partial charge in [0.2, 0.25) is 0 Å². The Hall–Kier alpha value is -2.53. The lowest BCUT2D eigenvalue weighted by atomic mass is 10.1. The van der Waals surface area contributed by atoms with Crippen LogP contribution in [0.5, 0.6) is 5.75 Å². The zero-order chi connectivity index (χ0) is 14.8. The third-order valence-electron chi connectivity index (χ3n) is 2.93. The Balaban J connectivity index is 1.93. The summed E-state index contributed by atoms with van der Waals surface area (Å²) < 4.78 is 11.0. The fourth-order valence-electron chi connectivity index (χ4n) is 2.05. The van der Waals surface area contributed by atoms with Crippen molar-refractivity contribution in [2.75, 3.05) is 0 Å². The van der Waals surface area contributed by atoms with E-state index < -0.39 is 5.97 Å². The lowest BCUT2D eigenvalue weighted by Gasteiger charge is -2.04. The first-order chi connectivity index (χ1) is 10.1. The van der Waals surface area contributed by atoms with Crippen LogP contribution in [-0.2, 0) is 6.61 Å². The Bertz CT molecular complexity index is 812. The predicted molar refractivity (Wildman–Crippen MR) is 76.8 cm³/mol. The van der Waals surface area contributed by atoms with Crippen molar-refractivity contribution in [1.82, 2.24) is 4.98 Å². The number of ether oxygens (including phenoxy) is 1. The van der Waals surface area contributed by atoms with Gasteiger partial charge in [0.05, 0.1) is 11.2 Å². The zero-order valence-corrected chi connectivity index (χ0v) is 11.5. The molecule has 2 heterocycles. The quantitative estimate of drug-likeness (QED) is 0.794. The minimum absolute atomic E-state index is 0.0155. The van der Waals surface area contributed by atoms with E-state index in [1.54, 1.807) is 30.3 Å². The number of rotatable bonds is 4. The van der Waals surface area contributed by atoms with Crippen LogP contribution in [-0.4, -0.2) is 16.1 Å². The monoisotopic (exact) mass is 303 g/mol. The van der Waals surface area contributed by atoms with Gasteiger partial charge in [-0.3, -0.25) is 4.98 Å². The van der Waals surface area contributed by atoms with Gasteiger partial charge in [0, 0.05) is 17.6 Å². The Morgan fingerprint density at radius 1 is 1.33 bits per heavy atom. The maximum atomic E-state index is 11.4. The summed E-state index contributed by atoms with van der Waals surface area (Å²) in [6.45, 7) is -0.0155. The molecule has 3 rings (SSSR count). The van der Waals surface area contributed by atoms with Crippen LogP contribution >= 0.6 is 11.6 Å². The highest BCUT2D eigenvalue weighted by Crippen LogP contribution is 2.27. The number of aromatic carboxylic acids is 1. The van der Waals surface area contributed by atoms with Crippen LogP contribution < -0.4 is 4.74 Å². The normalized spacial score (nSPS) is 10.7. The second kappa shape index (κ2) is 5.46. The molecular formula is C15H10ClNO4. The van der Waals surface area contributed by atoms with Gasteiger partial charge in [-0.15, -0.1) is 0 Å². The van der Waals surface area contributed by atoms with Gasteiger partial charge in [-0.2, -0.15) is 0 Å². The summed E-state index contributed by atoms with van der Waals surface area (Å²) in [5, 5.41) is 10.3. The molecule has 0 unspecified atom stereocenters. The number of fused-ring (bicyclic) bond motifs is 1. The Kier molecular flexibility index (Phi) is 3.50. The van der Waals surface area contributed by atoms with E-state index in [-0.39, 0.29) is 17.9 Å². The molecule has 106 valence electrons. The Morgan fingerprint density at radius 2 is 2.14 bits per heavy atom. The van der Waals surface area contributed by atoms with E-state index in [1.165, 1.54) is 12.4 Å². The first-order valence-electron chi connectivity index (χ1n) is 6.12. The molecule has 2 aromatic heterocycles. The van der Waals surface area contributed by atoms with Crippen molar-refractivity contribution in [2.45, 2.75) is 6.61 Å². The molecule has 0 aliphatic rings. The predicted octanol–water partition coefficient (Wildman–Crippen LogP) is 3.76. The lowest BCUT2D eigenvalue weighted by Crippen LogP contribution is -2.03. The molecule has 0 bridgehead atoms. The van der Waals surface area contributed by atoms with Gasteiger partial charge >= 0.3 is 5.97 Å². The molecule has 0 fully saturated rings. The summed E-state index contributed by atoms with van der Waals surface area (Å²) in [6.07, 6.45) is 2.98. The van der Waals surface area contributed by atoms with Crippen molar-refractivity contribution in [1.29, 1.82) is 0 Å². The topological polar surface area (TPSA) is 72.6 Å². The molecule has 0 saturated heterocycles. The maximum absolute atomic E-state index is 11.4. The van der Waals surface area contributed by atoms with E-state index in [0.29, 0.717) is 21.7 Å². The summed E-state index contributed by atoms with van der Waals surface area (Å²) >= 11 is 5.81. The number of carboxylic acid groups (broad SMARTS) is 1. The van der Waals surface area contributed by atoms with Gasteiger partial charge in [0.25, 0.3) is 0 Å². The van der Waals surface area contributed by atoms with Crippen molar-refractivity contribution in [3.05, 3.63) is 59.1 Å². The van der Waals surface area contributed by atoms with Crippen molar-refractivity contribution in [2.24, 2.45) is 0 Å². The molecule has 3 aromatic rings. The van der Waals surface area contributed by atoms with Crippen LogP contribution in [0.2, 0.25) is 5.02 Å². The number of benzene rings is 1. The van der Waals surface area contributed by atoms with Crippen LogP contribution in [0.4, 0.5) is 0 Å². The highest BCUT2D eigenvalue weighted by atomic mass is 35.5. The van der Waals surface area contributed by atoms with Crippen LogP contribution in [0, 0.1) is 0 Å². The fourth-order valence-corrected chi connectivity index (χ4v) is 2.22. The highest BCUT2D eigenvalue weighted by Gasteiger charge is 2.20. The molecule has 0 aliphatic carbocycles. The number of furan rings is 1. The summed E-state index contributed by atoms with van der Waals surface area (Å²) in [7, 11) is 0. The molecule has 0 atom stereocenters. The molecule has 6 heteroatoms. The first-order valence-corrected chi connectivity index (χ1v) is 6.50. The summed E-state index contributed by atoms with van der Waals surface area (Å²) in [5.74, 6) is -0.356. The maximum Gasteiger partial charge on any atom is 0.340 e. The van der Waals surface area contributed by atoms with Gasteiger partial charge in [-0.1, -0.05) is 29.8 Å². The van der Waals surface area contributed by atoms with E-state index in [9.17, 15) is 9.90 Å². The standard InChI is InChI=1S/C15H10ClNO4/c16-9-5-10(7-17-6-9)20-8-13-14(15(18)19)11-3-1-2-4-12(11)21-13/h1-7H,8H2,(H,18,19). The Labute approximate surface area is 124 Å². The third-order valence-corrected chi connectivity index (χ3v) is 3.14. The molecule has 5 nitrogen and oxygen atoms in total. The highest BCUT2D eigenvalue weighted by molar-refractivity contribution is 6.30. The molecular weight excluding hydrogens is 294 g/mol. The third kappa shape index (κ3) is 2.68. The van der Waals surface area contributed by atoms with Crippen molar-refractivity contribution in [3.8, 4) is 5.75 Å². The van der Waals surface area contributed by atoms with Crippen molar-refractivity contribution < 1.29 is 19.1 Å². The second-order valence-corrected chi connectivity index (χ2v) is 4.77. The fraction of sp³-hybridized carbons (Fsp3) is 0.0667. The van der Waals surface area contributed by atoms with E-state index in [4.69, 9.17) is 20.8 Å². The smallest absolute Gasteiger partial charge is 0.340 e. The number of carboxylic acids is 1. The zero-order valence-electron chi connectivity index (χ0n) is 10.7. The van der Waals surface area contributed by atoms with E-state index in [0.717, 1.165) is 0 Å². The summed E-state index contributed by atoms with van der Waals surface area (Å²) in [5.41, 5.74) is 0.623. The second-order valence-electron chi connectivity index (χ2n) is 4.33. The number of hydrogen-bond donors (Lipinski definition) is 1. The van der Waals surface area contributed by atoms with Gasteiger partial charge in [-0.05, 0) is 6.07 Å². The molecule has 0 amide bonds. The van der Waals surface area contributed by atoms with Gasteiger partial charge in [0.15, 0.2) is 5.76 Å². The van der Waals surface area contributed by atoms with Gasteiger partial charge in [0.1, 0.15) is 23.5 Å². The van der Waals surface area contributed by atoms with Crippen molar-refractivity contribution >= 4 is 28.5 Å². The first kappa shape index (κ1) is 13.5. The number of hydrogen-bond acceptors (Lipinski definition) is 4. The van der Waals surface area contributed by atoms with Crippen LogP contribution in [0.25, 0.3) is 11.0 Å². The largest absolute Gasteiger partial charge is 0.484 e. The lowest BCUT2D eigenvalue weighted by molar-refractivity contribution is 0.0693. The molecule has 0 saturated carbocycles. The average molecular weight is 304 g/mol. The minimum Gasteiger partial charge on any atom is -0.484 e. The van der Waals surface area contributed by atoms with Crippen molar-refractivity contribution in [3.63, 3.8) is 0 Å². The van der Waals surface area contributed by atoms with Crippen LogP contribution in [0.1, 0.15) is 16.1 Å². The SMILES string of the molecule is O=C(O)c1c(COc2cncc(Cl)c2)oc2ccccc12. The van der Waals surface area contributed by atoms with Crippen LogP contribution in [0.3, 0.4) is 0 Å². The molecule has 0 spiro atoms. The summed E-state index contributed by atoms with van der Waals surface area (Å²) in [6, 6.07) is 8.55. The van der Waals surface area contributed by atoms with Crippen LogP contribution in [0.15, 0.2) is 47.1 Å². The van der Waals surface area contributed by atoms with Gasteiger partial charge < -0.3 is 14.3 Å². The number of nitrogens with zero attached hydrogens (tertiary/aromatic N) is 1. The number of halogens is 1. The molecule has 21 heavy (non-hydrogen) atoms. The van der Waals surface area contributed by atoms with Gasteiger partial charge in [-0.25, -0.2) is 4.79 Å². The molecule has 0 aliphatic heterocycles. The number of carbonyl (C=O) groups is 1. The minimum atomic E-state index is -1.05. The molecule has 1 N–H and O–H groups in total.